The highest BCUT2D eigenvalue weighted by molar-refractivity contribution is 7.17. The Morgan fingerprint density at radius 1 is 1.32 bits per heavy atom. The van der Waals surface area contributed by atoms with E-state index in [1.54, 1.807) is 10.9 Å². The van der Waals surface area contributed by atoms with E-state index >= 15 is 0 Å². The van der Waals surface area contributed by atoms with Crippen LogP contribution >= 0.6 is 11.3 Å². The molecule has 1 saturated heterocycles. The van der Waals surface area contributed by atoms with E-state index in [2.05, 4.69) is 26.4 Å². The van der Waals surface area contributed by atoms with Gasteiger partial charge in [-0.3, -0.25) is 9.48 Å². The first kappa shape index (κ1) is 18.9. The van der Waals surface area contributed by atoms with E-state index in [-0.39, 0.29) is 11.9 Å². The molecule has 5 N–H and O–H groups in total. The second-order valence-electron chi connectivity index (χ2n) is 7.49. The largest absolute Gasteiger partial charge is 0.389 e. The fourth-order valence-corrected chi connectivity index (χ4v) is 4.80. The molecule has 1 fully saturated rings. The number of nitrogens with zero attached hydrogens (tertiary/aromatic N) is 4. The van der Waals surface area contributed by atoms with E-state index in [0.29, 0.717) is 16.4 Å². The molecular formula is C19H27N7OS. The van der Waals surface area contributed by atoms with Gasteiger partial charge in [-0.25, -0.2) is 4.98 Å². The van der Waals surface area contributed by atoms with Crippen LogP contribution in [-0.4, -0.2) is 39.8 Å². The lowest BCUT2D eigenvalue weighted by atomic mass is 10.1. The molecule has 8 nitrogen and oxygen atoms in total. The second-order valence-corrected chi connectivity index (χ2v) is 8.52. The third-order valence-electron chi connectivity index (χ3n) is 5.41. The highest BCUT2D eigenvalue weighted by Crippen LogP contribution is 2.34. The molecule has 0 saturated carbocycles. The number of thiazole rings is 1. The average Bonchev–Trinajstić information content (AvgIpc) is 3.36. The molecule has 9 heteroatoms. The zero-order valence-corrected chi connectivity index (χ0v) is 17.0. The molecule has 0 aromatic carbocycles. The van der Waals surface area contributed by atoms with E-state index in [0.717, 1.165) is 62.4 Å². The summed E-state index contributed by atoms with van der Waals surface area (Å²) in [7, 11) is 1.89. The van der Waals surface area contributed by atoms with Crippen molar-refractivity contribution in [3.63, 3.8) is 0 Å². The van der Waals surface area contributed by atoms with Gasteiger partial charge in [0.15, 0.2) is 11.5 Å². The van der Waals surface area contributed by atoms with E-state index in [4.69, 9.17) is 11.5 Å². The van der Waals surface area contributed by atoms with Crippen molar-refractivity contribution in [3.05, 3.63) is 23.0 Å². The Hall–Kier alpha value is -2.39. The molecule has 1 amide bonds. The number of allylic oxidation sites excluding steroid dienone is 2. The molecule has 1 aliphatic heterocycles. The fourth-order valence-electron chi connectivity index (χ4n) is 3.91. The number of hydrogen-bond acceptors (Lipinski definition) is 7. The standard InChI is InChI=1S/C19H27N7OS/c1-25-19(26-9-4-7-13(20)8-10-26)14(11-22-25)23-17(27)15-16(21)28-18(24-15)12-5-2-3-6-12/h5,11,13H,2-4,6-10,20-21H2,1H3,(H,23,27). The van der Waals surface area contributed by atoms with Crippen molar-refractivity contribution in [2.24, 2.45) is 12.8 Å². The summed E-state index contributed by atoms with van der Waals surface area (Å²) < 4.78 is 1.80. The van der Waals surface area contributed by atoms with Gasteiger partial charge in [0.25, 0.3) is 5.91 Å². The van der Waals surface area contributed by atoms with Crippen molar-refractivity contribution in [1.82, 2.24) is 14.8 Å². The lowest BCUT2D eigenvalue weighted by Gasteiger charge is -2.24. The normalized spacial score (nSPS) is 20.1. The van der Waals surface area contributed by atoms with Gasteiger partial charge in [0.1, 0.15) is 15.7 Å². The van der Waals surface area contributed by atoms with Gasteiger partial charge in [-0.2, -0.15) is 5.10 Å². The number of carbonyl (C=O) groups excluding carboxylic acids is 1. The minimum atomic E-state index is -0.292. The van der Waals surface area contributed by atoms with Crippen LogP contribution in [0.1, 0.15) is 54.0 Å². The number of aromatic nitrogens is 3. The second kappa shape index (κ2) is 7.92. The van der Waals surface area contributed by atoms with Crippen LogP contribution in [0.15, 0.2) is 12.3 Å². The smallest absolute Gasteiger partial charge is 0.277 e. The molecular weight excluding hydrogens is 374 g/mol. The third kappa shape index (κ3) is 3.77. The summed E-state index contributed by atoms with van der Waals surface area (Å²) in [6.45, 7) is 1.74. The highest BCUT2D eigenvalue weighted by atomic mass is 32.1. The lowest BCUT2D eigenvalue weighted by Crippen LogP contribution is -2.29. The average molecular weight is 402 g/mol. The maximum absolute atomic E-state index is 12.9. The van der Waals surface area contributed by atoms with Crippen molar-refractivity contribution in [1.29, 1.82) is 0 Å². The van der Waals surface area contributed by atoms with Gasteiger partial charge >= 0.3 is 0 Å². The van der Waals surface area contributed by atoms with Gasteiger partial charge in [0.05, 0.1) is 6.20 Å². The van der Waals surface area contributed by atoms with Gasteiger partial charge in [-0.05, 0) is 44.1 Å². The van der Waals surface area contributed by atoms with E-state index in [9.17, 15) is 4.79 Å². The molecule has 2 aliphatic rings. The SMILES string of the molecule is Cn1ncc(NC(=O)c2nc(C3=CCCC3)sc2N)c1N1CCCC(N)CC1. The molecule has 2 aromatic heterocycles. The predicted octanol–water partition coefficient (Wildman–Crippen LogP) is 2.60. The number of anilines is 3. The maximum atomic E-state index is 12.9. The number of rotatable bonds is 4. The summed E-state index contributed by atoms with van der Waals surface area (Å²) in [6.07, 6.45) is 10.0. The first-order valence-electron chi connectivity index (χ1n) is 9.82. The molecule has 3 heterocycles. The van der Waals surface area contributed by atoms with Crippen LogP contribution in [0.5, 0.6) is 0 Å². The fraction of sp³-hybridized carbons (Fsp3) is 0.526. The number of nitrogens with two attached hydrogens (primary N) is 2. The Kier molecular flexibility index (Phi) is 5.36. The topological polar surface area (TPSA) is 115 Å². The summed E-state index contributed by atoms with van der Waals surface area (Å²) in [6, 6.07) is 0.231. The molecule has 1 aliphatic carbocycles. The van der Waals surface area contributed by atoms with Gasteiger partial charge in [-0.1, -0.05) is 17.4 Å². The number of nitrogens with one attached hydrogen (secondary N) is 1. The molecule has 150 valence electrons. The minimum Gasteiger partial charge on any atom is -0.389 e. The van der Waals surface area contributed by atoms with Crippen LogP contribution in [0.2, 0.25) is 0 Å². The van der Waals surface area contributed by atoms with E-state index in [1.165, 1.54) is 16.9 Å². The van der Waals surface area contributed by atoms with Crippen LogP contribution in [-0.2, 0) is 7.05 Å². The molecule has 1 atom stereocenters. The van der Waals surface area contributed by atoms with Gasteiger partial charge < -0.3 is 21.7 Å². The quantitative estimate of drug-likeness (QED) is 0.725. The minimum absolute atomic E-state index is 0.231. The van der Waals surface area contributed by atoms with Crippen molar-refractivity contribution < 1.29 is 4.79 Å². The van der Waals surface area contributed by atoms with Crippen molar-refractivity contribution in [2.75, 3.05) is 29.0 Å². The summed E-state index contributed by atoms with van der Waals surface area (Å²) in [5.41, 5.74) is 14.4. The molecule has 0 bridgehead atoms. The molecule has 0 spiro atoms. The summed E-state index contributed by atoms with van der Waals surface area (Å²) in [4.78, 5) is 19.6. The Labute approximate surface area is 168 Å². The van der Waals surface area contributed by atoms with Crippen LogP contribution in [0, 0.1) is 0 Å². The zero-order valence-electron chi connectivity index (χ0n) is 16.1. The number of amides is 1. The third-order valence-corrected chi connectivity index (χ3v) is 6.37. The summed E-state index contributed by atoms with van der Waals surface area (Å²) >= 11 is 1.38. The van der Waals surface area contributed by atoms with Crippen LogP contribution in [0.4, 0.5) is 16.5 Å². The first-order chi connectivity index (χ1) is 13.5. The Morgan fingerprint density at radius 2 is 2.18 bits per heavy atom. The van der Waals surface area contributed by atoms with E-state index < -0.39 is 0 Å². The highest BCUT2D eigenvalue weighted by Gasteiger charge is 2.24. The molecule has 1 unspecified atom stereocenters. The number of nitrogen functional groups attached to an aromatic ring is 1. The molecule has 4 rings (SSSR count). The zero-order chi connectivity index (χ0) is 19.7. The van der Waals surface area contributed by atoms with Crippen molar-refractivity contribution >= 4 is 39.3 Å². The summed E-state index contributed by atoms with van der Waals surface area (Å²) in [5, 5.41) is 8.63. The van der Waals surface area contributed by atoms with Crippen molar-refractivity contribution in [3.8, 4) is 0 Å². The maximum Gasteiger partial charge on any atom is 0.277 e. The number of aryl methyl sites for hydroxylation is 1. The Morgan fingerprint density at radius 3 is 2.96 bits per heavy atom. The number of hydrogen-bond donors (Lipinski definition) is 3. The first-order valence-corrected chi connectivity index (χ1v) is 10.6. The lowest BCUT2D eigenvalue weighted by molar-refractivity contribution is 0.102. The summed E-state index contributed by atoms with van der Waals surface area (Å²) in [5.74, 6) is 0.606. The number of carbonyl (C=O) groups is 1. The van der Waals surface area contributed by atoms with Crippen LogP contribution in [0.3, 0.4) is 0 Å². The van der Waals surface area contributed by atoms with Gasteiger partial charge in [0.2, 0.25) is 0 Å². The Balaban J connectivity index is 1.54. The van der Waals surface area contributed by atoms with Crippen LogP contribution < -0.4 is 21.7 Å². The Bertz CT molecular complexity index is 900. The van der Waals surface area contributed by atoms with Gasteiger partial charge in [0, 0.05) is 26.2 Å². The monoisotopic (exact) mass is 401 g/mol. The molecule has 2 aromatic rings. The molecule has 0 radical (unpaired) electrons. The van der Waals surface area contributed by atoms with E-state index in [1.807, 2.05) is 7.05 Å². The van der Waals surface area contributed by atoms with Crippen molar-refractivity contribution in [2.45, 2.75) is 44.6 Å². The van der Waals surface area contributed by atoms with Gasteiger partial charge in [-0.15, -0.1) is 0 Å². The predicted molar refractivity (Wildman–Crippen MR) is 114 cm³/mol. The van der Waals surface area contributed by atoms with Crippen LogP contribution in [0.25, 0.3) is 5.57 Å². The molecule has 28 heavy (non-hydrogen) atoms.